The molecule has 7 nitrogen and oxygen atoms in total. The number of aryl methyl sites for hydroxylation is 1. The van der Waals surface area contributed by atoms with Crippen LogP contribution in [-0.2, 0) is 10.3 Å². The Hall–Kier alpha value is -2.05. The van der Waals surface area contributed by atoms with E-state index >= 15 is 0 Å². The van der Waals surface area contributed by atoms with E-state index < -0.39 is 0 Å². The SMILES string of the molecule is Cc1nn(C(C)(C)C)cc1[C@@H](C)NC(=O)N1CCNC(=O)C1. The second kappa shape index (κ2) is 5.98. The van der Waals surface area contributed by atoms with Crippen molar-refractivity contribution in [3.63, 3.8) is 0 Å². The number of urea groups is 1. The van der Waals surface area contributed by atoms with Crippen LogP contribution in [0.4, 0.5) is 4.79 Å². The Balaban J connectivity index is 2.05. The van der Waals surface area contributed by atoms with Gasteiger partial charge in [-0.05, 0) is 34.6 Å². The van der Waals surface area contributed by atoms with E-state index in [1.807, 2.05) is 24.7 Å². The van der Waals surface area contributed by atoms with Gasteiger partial charge < -0.3 is 15.5 Å². The van der Waals surface area contributed by atoms with E-state index in [1.165, 1.54) is 4.90 Å². The number of amides is 3. The molecule has 1 fully saturated rings. The van der Waals surface area contributed by atoms with Crippen LogP contribution in [-0.4, -0.2) is 46.3 Å². The fourth-order valence-corrected chi connectivity index (χ4v) is 2.41. The summed E-state index contributed by atoms with van der Waals surface area (Å²) in [7, 11) is 0. The average Bonchev–Trinajstić information content (AvgIpc) is 2.81. The van der Waals surface area contributed by atoms with Crippen molar-refractivity contribution in [2.24, 2.45) is 0 Å². The molecule has 122 valence electrons. The molecule has 0 unspecified atom stereocenters. The lowest BCUT2D eigenvalue weighted by atomic mass is 10.1. The highest BCUT2D eigenvalue weighted by Crippen LogP contribution is 2.21. The van der Waals surface area contributed by atoms with Gasteiger partial charge in [0, 0.05) is 24.8 Å². The predicted molar refractivity (Wildman–Crippen MR) is 83.5 cm³/mol. The second-order valence-electron chi connectivity index (χ2n) is 6.73. The molecule has 1 aromatic heterocycles. The van der Waals surface area contributed by atoms with Crippen LogP contribution in [0.5, 0.6) is 0 Å². The number of aromatic nitrogens is 2. The average molecular weight is 307 g/mol. The van der Waals surface area contributed by atoms with Gasteiger partial charge in [0.1, 0.15) is 6.54 Å². The Morgan fingerprint density at radius 2 is 2.14 bits per heavy atom. The summed E-state index contributed by atoms with van der Waals surface area (Å²) >= 11 is 0. The monoisotopic (exact) mass is 307 g/mol. The van der Waals surface area contributed by atoms with Crippen LogP contribution in [0.15, 0.2) is 6.20 Å². The first-order valence-electron chi connectivity index (χ1n) is 7.57. The standard InChI is InChI=1S/C15H25N5O2/c1-10(12-8-20(15(3,4)5)18-11(12)2)17-14(22)19-7-6-16-13(21)9-19/h8,10H,6-7,9H2,1-5H3,(H,16,21)(H,17,22)/t10-/m1/s1. The molecule has 1 aliphatic heterocycles. The molecule has 2 rings (SSSR count). The molecule has 1 aliphatic rings. The summed E-state index contributed by atoms with van der Waals surface area (Å²) in [5.74, 6) is -0.120. The van der Waals surface area contributed by atoms with Crippen molar-refractivity contribution in [1.82, 2.24) is 25.3 Å². The van der Waals surface area contributed by atoms with Gasteiger partial charge in [-0.2, -0.15) is 5.10 Å². The summed E-state index contributed by atoms with van der Waals surface area (Å²) in [6.07, 6.45) is 1.98. The van der Waals surface area contributed by atoms with Crippen LogP contribution in [0.25, 0.3) is 0 Å². The van der Waals surface area contributed by atoms with E-state index in [2.05, 4.69) is 36.5 Å². The van der Waals surface area contributed by atoms with Crippen molar-refractivity contribution >= 4 is 11.9 Å². The van der Waals surface area contributed by atoms with Crippen molar-refractivity contribution in [2.75, 3.05) is 19.6 Å². The minimum absolute atomic E-state index is 0.0995. The first-order valence-corrected chi connectivity index (χ1v) is 7.57. The highest BCUT2D eigenvalue weighted by Gasteiger charge is 2.24. The predicted octanol–water partition coefficient (Wildman–Crippen LogP) is 1.15. The van der Waals surface area contributed by atoms with Crippen molar-refractivity contribution < 1.29 is 9.59 Å². The van der Waals surface area contributed by atoms with E-state index in [0.717, 1.165) is 11.3 Å². The summed E-state index contributed by atoms with van der Waals surface area (Å²) < 4.78 is 1.91. The van der Waals surface area contributed by atoms with Gasteiger partial charge in [-0.1, -0.05) is 0 Å². The Bertz CT molecular complexity index is 573. The van der Waals surface area contributed by atoms with Crippen LogP contribution < -0.4 is 10.6 Å². The topological polar surface area (TPSA) is 79.3 Å². The minimum atomic E-state index is -0.217. The molecule has 7 heteroatoms. The lowest BCUT2D eigenvalue weighted by Crippen LogP contribution is -2.53. The number of hydrogen-bond acceptors (Lipinski definition) is 3. The normalized spacial score (nSPS) is 17.1. The molecule has 0 spiro atoms. The van der Waals surface area contributed by atoms with Gasteiger partial charge in [0.25, 0.3) is 0 Å². The fourth-order valence-electron chi connectivity index (χ4n) is 2.41. The smallest absolute Gasteiger partial charge is 0.318 e. The number of carbonyl (C=O) groups is 2. The van der Waals surface area contributed by atoms with Crippen LogP contribution in [0.1, 0.15) is 45.0 Å². The highest BCUT2D eigenvalue weighted by atomic mass is 16.2. The number of nitrogens with one attached hydrogen (secondary N) is 2. The van der Waals surface area contributed by atoms with Crippen LogP contribution in [0.2, 0.25) is 0 Å². The summed E-state index contributed by atoms with van der Waals surface area (Å²) in [5, 5.41) is 10.2. The van der Waals surface area contributed by atoms with Gasteiger partial charge in [0.05, 0.1) is 17.3 Å². The molecular weight excluding hydrogens is 282 g/mol. The molecule has 0 bridgehead atoms. The summed E-state index contributed by atoms with van der Waals surface area (Å²) in [6.45, 7) is 11.3. The Morgan fingerprint density at radius 3 is 2.68 bits per heavy atom. The molecule has 0 saturated carbocycles. The van der Waals surface area contributed by atoms with Gasteiger partial charge in [0.15, 0.2) is 0 Å². The second-order valence-corrected chi connectivity index (χ2v) is 6.73. The summed E-state index contributed by atoms with van der Waals surface area (Å²) in [5.41, 5.74) is 1.79. The number of piperazine rings is 1. The zero-order valence-corrected chi connectivity index (χ0v) is 13.9. The highest BCUT2D eigenvalue weighted by molar-refractivity contribution is 5.85. The van der Waals surface area contributed by atoms with Gasteiger partial charge in [0.2, 0.25) is 5.91 Å². The molecule has 1 atom stereocenters. The van der Waals surface area contributed by atoms with Crippen molar-refractivity contribution in [3.8, 4) is 0 Å². The van der Waals surface area contributed by atoms with E-state index in [1.54, 1.807) is 0 Å². The number of carbonyl (C=O) groups excluding carboxylic acids is 2. The van der Waals surface area contributed by atoms with Gasteiger partial charge in [-0.25, -0.2) is 4.79 Å². The lowest BCUT2D eigenvalue weighted by molar-refractivity contribution is -0.123. The molecule has 0 radical (unpaired) electrons. The molecule has 1 saturated heterocycles. The zero-order valence-electron chi connectivity index (χ0n) is 13.9. The third-order valence-electron chi connectivity index (χ3n) is 3.76. The van der Waals surface area contributed by atoms with E-state index in [0.29, 0.717) is 13.1 Å². The number of hydrogen-bond donors (Lipinski definition) is 2. The Kier molecular flexibility index (Phi) is 4.44. The quantitative estimate of drug-likeness (QED) is 0.860. The molecule has 2 N–H and O–H groups in total. The van der Waals surface area contributed by atoms with E-state index in [9.17, 15) is 9.59 Å². The van der Waals surface area contributed by atoms with Crippen LogP contribution in [0, 0.1) is 6.92 Å². The van der Waals surface area contributed by atoms with Crippen molar-refractivity contribution in [1.29, 1.82) is 0 Å². The Labute approximate surface area is 131 Å². The van der Waals surface area contributed by atoms with Crippen LogP contribution >= 0.6 is 0 Å². The van der Waals surface area contributed by atoms with Gasteiger partial charge >= 0.3 is 6.03 Å². The minimum Gasteiger partial charge on any atom is -0.353 e. The lowest BCUT2D eigenvalue weighted by Gasteiger charge is -2.28. The Morgan fingerprint density at radius 1 is 1.45 bits per heavy atom. The first kappa shape index (κ1) is 16.3. The molecule has 3 amide bonds. The maximum atomic E-state index is 12.3. The number of rotatable bonds is 2. The maximum Gasteiger partial charge on any atom is 0.318 e. The third kappa shape index (κ3) is 3.58. The zero-order chi connectivity index (χ0) is 16.5. The van der Waals surface area contributed by atoms with Gasteiger partial charge in [-0.3, -0.25) is 9.48 Å². The summed E-state index contributed by atoms with van der Waals surface area (Å²) in [6, 6.07) is -0.376. The fraction of sp³-hybridized carbons (Fsp3) is 0.667. The van der Waals surface area contributed by atoms with Gasteiger partial charge in [-0.15, -0.1) is 0 Å². The third-order valence-corrected chi connectivity index (χ3v) is 3.76. The van der Waals surface area contributed by atoms with E-state index in [-0.39, 0.29) is 30.1 Å². The van der Waals surface area contributed by atoms with Crippen molar-refractivity contribution in [3.05, 3.63) is 17.5 Å². The van der Waals surface area contributed by atoms with Crippen LogP contribution in [0.3, 0.4) is 0 Å². The van der Waals surface area contributed by atoms with Crippen molar-refractivity contribution in [2.45, 2.75) is 46.2 Å². The molecule has 1 aromatic rings. The molecule has 2 heterocycles. The molecule has 0 aromatic carbocycles. The molecule has 22 heavy (non-hydrogen) atoms. The number of nitrogens with zero attached hydrogens (tertiary/aromatic N) is 3. The van der Waals surface area contributed by atoms with E-state index in [4.69, 9.17) is 0 Å². The molecule has 0 aliphatic carbocycles. The first-order chi connectivity index (χ1) is 10.2. The summed E-state index contributed by atoms with van der Waals surface area (Å²) in [4.78, 5) is 25.1. The molecular formula is C15H25N5O2. The maximum absolute atomic E-state index is 12.3. The largest absolute Gasteiger partial charge is 0.353 e.